The first-order chi connectivity index (χ1) is 8.68. The van der Waals surface area contributed by atoms with Crippen molar-refractivity contribution >= 4 is 22.6 Å². The number of benzene rings is 2. The molecule has 0 saturated heterocycles. The van der Waals surface area contributed by atoms with Gasteiger partial charge in [-0.25, -0.2) is 9.37 Å². The lowest BCUT2D eigenvalue weighted by Gasteiger charge is -2.08. The van der Waals surface area contributed by atoms with E-state index >= 15 is 0 Å². The molecule has 1 aromatic heterocycles. The summed E-state index contributed by atoms with van der Waals surface area (Å²) in [6, 6.07) is 8.94. The molecule has 2 aromatic carbocycles. The third-order valence-electron chi connectivity index (χ3n) is 3.01. The van der Waals surface area contributed by atoms with Gasteiger partial charge in [-0.1, -0.05) is 35.9 Å². The van der Waals surface area contributed by atoms with Crippen LogP contribution in [0.5, 0.6) is 0 Å². The molecule has 0 fully saturated rings. The third-order valence-corrected chi connectivity index (χ3v) is 3.39. The van der Waals surface area contributed by atoms with Crippen LogP contribution in [0.2, 0.25) is 5.02 Å². The first-order valence-corrected chi connectivity index (χ1v) is 5.93. The van der Waals surface area contributed by atoms with Crippen LogP contribution in [0.25, 0.3) is 22.2 Å². The number of rotatable bonds is 1. The molecule has 0 saturated carbocycles. The Morgan fingerprint density at radius 2 is 2.00 bits per heavy atom. The van der Waals surface area contributed by atoms with Gasteiger partial charge in [-0.3, -0.25) is 0 Å². The molecule has 0 unspecified atom stereocenters. The number of nitrogens with one attached hydrogen (secondary N) is 1. The molecule has 0 aliphatic rings. The summed E-state index contributed by atoms with van der Waals surface area (Å²) in [5.41, 5.74) is 3.28. The largest absolute Gasteiger partial charge is 0.345 e. The van der Waals surface area contributed by atoms with Gasteiger partial charge in [0, 0.05) is 11.1 Å². The van der Waals surface area contributed by atoms with Gasteiger partial charge in [0.05, 0.1) is 16.9 Å². The number of H-pyrrole nitrogens is 1. The second-order valence-electron chi connectivity index (χ2n) is 4.16. The molecule has 0 amide bonds. The summed E-state index contributed by atoms with van der Waals surface area (Å²) in [5, 5.41) is 0.471. The molecule has 0 bridgehead atoms. The molecule has 0 aliphatic carbocycles. The lowest BCUT2D eigenvalue weighted by atomic mass is 10.0. The summed E-state index contributed by atoms with van der Waals surface area (Å²) in [5.74, 6) is -0.241. The summed E-state index contributed by atoms with van der Waals surface area (Å²) in [6.45, 7) is 1.74. The van der Waals surface area contributed by atoms with Crippen LogP contribution in [-0.2, 0) is 0 Å². The minimum Gasteiger partial charge on any atom is -0.345 e. The van der Waals surface area contributed by atoms with E-state index in [0.717, 1.165) is 5.52 Å². The molecule has 3 rings (SSSR count). The maximum absolute atomic E-state index is 14.1. The first kappa shape index (κ1) is 11.2. The highest BCUT2D eigenvalue weighted by Gasteiger charge is 2.13. The zero-order valence-corrected chi connectivity index (χ0v) is 10.4. The third kappa shape index (κ3) is 1.59. The molecule has 18 heavy (non-hydrogen) atoms. The number of nitrogens with zero attached hydrogens (tertiary/aromatic N) is 1. The van der Waals surface area contributed by atoms with E-state index in [4.69, 9.17) is 11.6 Å². The SMILES string of the molecule is Cc1cccc(-c2ccc3[nH]cnc3c2Cl)c1F. The number of imidazole rings is 1. The van der Waals surface area contributed by atoms with Crippen LogP contribution >= 0.6 is 11.6 Å². The Labute approximate surface area is 108 Å². The van der Waals surface area contributed by atoms with Crippen molar-refractivity contribution in [3.05, 3.63) is 53.1 Å². The number of fused-ring (bicyclic) bond motifs is 1. The second kappa shape index (κ2) is 4.10. The average molecular weight is 261 g/mol. The van der Waals surface area contributed by atoms with Gasteiger partial charge in [0.2, 0.25) is 0 Å². The van der Waals surface area contributed by atoms with E-state index in [1.807, 2.05) is 12.1 Å². The fraction of sp³-hybridized carbons (Fsp3) is 0.0714. The monoisotopic (exact) mass is 260 g/mol. The average Bonchev–Trinajstić information content (AvgIpc) is 2.83. The van der Waals surface area contributed by atoms with Crippen LogP contribution in [0.15, 0.2) is 36.7 Å². The van der Waals surface area contributed by atoms with Gasteiger partial charge in [0.25, 0.3) is 0 Å². The van der Waals surface area contributed by atoms with Crippen LogP contribution in [0.4, 0.5) is 4.39 Å². The standard InChI is InChI=1S/C14H10ClFN2/c1-8-3-2-4-10(13(8)16)9-5-6-11-14(12(9)15)18-7-17-11/h2-7H,1H3,(H,17,18). The molecule has 1 N–H and O–H groups in total. The smallest absolute Gasteiger partial charge is 0.133 e. The fourth-order valence-corrected chi connectivity index (χ4v) is 2.35. The molecular weight excluding hydrogens is 251 g/mol. The number of aromatic amines is 1. The van der Waals surface area contributed by atoms with Gasteiger partial charge in [-0.2, -0.15) is 0 Å². The zero-order valence-electron chi connectivity index (χ0n) is 9.67. The molecule has 90 valence electrons. The van der Waals surface area contributed by atoms with E-state index in [9.17, 15) is 4.39 Å². The Balaban J connectivity index is 2.31. The Hall–Kier alpha value is -1.87. The lowest BCUT2D eigenvalue weighted by Crippen LogP contribution is -1.89. The van der Waals surface area contributed by atoms with Crippen molar-refractivity contribution in [2.24, 2.45) is 0 Å². The minimum absolute atomic E-state index is 0.241. The van der Waals surface area contributed by atoms with Crippen molar-refractivity contribution in [1.82, 2.24) is 9.97 Å². The van der Waals surface area contributed by atoms with Crippen LogP contribution in [-0.4, -0.2) is 9.97 Å². The van der Waals surface area contributed by atoms with E-state index in [0.29, 0.717) is 27.2 Å². The summed E-state index contributed by atoms with van der Waals surface area (Å²) >= 11 is 6.29. The Bertz CT molecular complexity index is 734. The van der Waals surface area contributed by atoms with Crippen molar-refractivity contribution in [3.8, 4) is 11.1 Å². The topological polar surface area (TPSA) is 28.7 Å². The van der Waals surface area contributed by atoms with Crippen molar-refractivity contribution in [2.75, 3.05) is 0 Å². The number of hydrogen-bond donors (Lipinski definition) is 1. The van der Waals surface area contributed by atoms with E-state index in [1.165, 1.54) is 0 Å². The first-order valence-electron chi connectivity index (χ1n) is 5.55. The highest BCUT2D eigenvalue weighted by molar-refractivity contribution is 6.37. The van der Waals surface area contributed by atoms with Crippen LogP contribution in [0.1, 0.15) is 5.56 Å². The van der Waals surface area contributed by atoms with E-state index in [2.05, 4.69) is 9.97 Å². The fourth-order valence-electron chi connectivity index (χ4n) is 2.04. The van der Waals surface area contributed by atoms with Crippen molar-refractivity contribution in [2.45, 2.75) is 6.92 Å². The number of aromatic nitrogens is 2. The van der Waals surface area contributed by atoms with Crippen molar-refractivity contribution in [3.63, 3.8) is 0 Å². The molecule has 2 nitrogen and oxygen atoms in total. The predicted molar refractivity (Wildman–Crippen MR) is 71.2 cm³/mol. The minimum atomic E-state index is -0.241. The molecule has 1 heterocycles. The maximum atomic E-state index is 14.1. The van der Waals surface area contributed by atoms with E-state index in [-0.39, 0.29) is 5.82 Å². The number of hydrogen-bond acceptors (Lipinski definition) is 1. The maximum Gasteiger partial charge on any atom is 0.133 e. The Kier molecular flexibility index (Phi) is 2.56. The molecule has 0 spiro atoms. The number of halogens is 2. The lowest BCUT2D eigenvalue weighted by molar-refractivity contribution is 0.622. The van der Waals surface area contributed by atoms with Gasteiger partial charge in [-0.15, -0.1) is 0 Å². The molecule has 3 aromatic rings. The summed E-state index contributed by atoms with van der Waals surface area (Å²) in [6.07, 6.45) is 1.58. The van der Waals surface area contributed by atoms with Crippen LogP contribution < -0.4 is 0 Å². The Morgan fingerprint density at radius 1 is 1.17 bits per heavy atom. The van der Waals surface area contributed by atoms with Crippen LogP contribution in [0, 0.1) is 12.7 Å². The van der Waals surface area contributed by atoms with Gasteiger partial charge in [0.1, 0.15) is 11.3 Å². The Morgan fingerprint density at radius 3 is 2.83 bits per heavy atom. The van der Waals surface area contributed by atoms with Crippen molar-refractivity contribution < 1.29 is 4.39 Å². The highest BCUT2D eigenvalue weighted by atomic mass is 35.5. The van der Waals surface area contributed by atoms with Gasteiger partial charge in [0.15, 0.2) is 0 Å². The molecule has 0 atom stereocenters. The second-order valence-corrected chi connectivity index (χ2v) is 4.54. The molecule has 4 heteroatoms. The van der Waals surface area contributed by atoms with Crippen molar-refractivity contribution in [1.29, 1.82) is 0 Å². The quantitative estimate of drug-likeness (QED) is 0.693. The molecule has 0 aliphatic heterocycles. The van der Waals surface area contributed by atoms with Crippen LogP contribution in [0.3, 0.4) is 0 Å². The van der Waals surface area contributed by atoms with Gasteiger partial charge < -0.3 is 4.98 Å². The number of aryl methyl sites for hydroxylation is 1. The van der Waals surface area contributed by atoms with E-state index in [1.54, 1.807) is 31.5 Å². The van der Waals surface area contributed by atoms with Gasteiger partial charge in [-0.05, 0) is 18.6 Å². The van der Waals surface area contributed by atoms with E-state index < -0.39 is 0 Å². The summed E-state index contributed by atoms with van der Waals surface area (Å²) in [4.78, 5) is 7.12. The zero-order chi connectivity index (χ0) is 12.7. The predicted octanol–water partition coefficient (Wildman–Crippen LogP) is 4.33. The molecule has 0 radical (unpaired) electrons. The summed E-state index contributed by atoms with van der Waals surface area (Å²) < 4.78 is 14.1. The summed E-state index contributed by atoms with van der Waals surface area (Å²) in [7, 11) is 0. The van der Waals surface area contributed by atoms with Gasteiger partial charge >= 0.3 is 0 Å². The molecular formula is C14H10ClFN2. The normalized spacial score (nSPS) is 11.1. The highest BCUT2D eigenvalue weighted by Crippen LogP contribution is 2.34.